The van der Waals surface area contributed by atoms with Gasteiger partial charge in [0.25, 0.3) is 17.7 Å². The van der Waals surface area contributed by atoms with Crippen LogP contribution in [0.4, 0.5) is 11.4 Å². The van der Waals surface area contributed by atoms with Gasteiger partial charge < -0.3 is 4.90 Å². The van der Waals surface area contributed by atoms with Gasteiger partial charge in [-0.15, -0.1) is 0 Å². The molecular weight excluding hydrogens is 366 g/mol. The number of fused-ring (bicyclic) bond motifs is 1. The summed E-state index contributed by atoms with van der Waals surface area (Å²) in [6.45, 7) is 4.03. The van der Waals surface area contributed by atoms with Gasteiger partial charge in [0.1, 0.15) is 5.69 Å². The Bertz CT molecular complexity index is 1120. The number of imide groups is 1. The molecular formula is C23H19N3O3. The third-order valence-corrected chi connectivity index (χ3v) is 5.20. The molecule has 0 bridgehead atoms. The molecule has 0 aliphatic carbocycles. The number of benzene rings is 2. The van der Waals surface area contributed by atoms with E-state index >= 15 is 0 Å². The second kappa shape index (κ2) is 6.98. The second-order valence-corrected chi connectivity index (χ2v) is 7.02. The predicted octanol–water partition coefficient (Wildman–Crippen LogP) is 3.78. The highest BCUT2D eigenvalue weighted by Crippen LogP contribution is 2.27. The summed E-state index contributed by atoms with van der Waals surface area (Å²) in [6, 6.07) is 15.5. The van der Waals surface area contributed by atoms with Crippen molar-refractivity contribution in [3.8, 4) is 0 Å². The third kappa shape index (κ3) is 3.08. The molecule has 29 heavy (non-hydrogen) atoms. The summed E-state index contributed by atoms with van der Waals surface area (Å²) < 4.78 is 0. The molecule has 3 aromatic rings. The molecule has 0 atom stereocenters. The summed E-state index contributed by atoms with van der Waals surface area (Å²) in [5.41, 5.74) is 4.37. The first-order valence-corrected chi connectivity index (χ1v) is 9.17. The van der Waals surface area contributed by atoms with Crippen molar-refractivity contribution >= 4 is 29.1 Å². The molecule has 6 nitrogen and oxygen atoms in total. The highest BCUT2D eigenvalue weighted by Gasteiger charge is 2.37. The van der Waals surface area contributed by atoms with E-state index in [1.807, 2.05) is 32.0 Å². The average Bonchev–Trinajstić information content (AvgIpc) is 3.00. The maximum Gasteiger partial charge on any atom is 0.284 e. The van der Waals surface area contributed by atoms with Crippen molar-refractivity contribution < 1.29 is 14.4 Å². The second-order valence-electron chi connectivity index (χ2n) is 7.02. The maximum atomic E-state index is 12.8. The molecule has 144 valence electrons. The number of rotatable bonds is 3. The van der Waals surface area contributed by atoms with E-state index in [2.05, 4.69) is 4.98 Å². The minimum atomic E-state index is -0.461. The quantitative estimate of drug-likeness (QED) is 0.644. The van der Waals surface area contributed by atoms with Crippen LogP contribution in [0.3, 0.4) is 0 Å². The smallest absolute Gasteiger partial charge is 0.284 e. The van der Waals surface area contributed by atoms with Gasteiger partial charge in [-0.2, -0.15) is 0 Å². The summed E-state index contributed by atoms with van der Waals surface area (Å²) in [6.07, 6.45) is 1.48. The first-order chi connectivity index (χ1) is 13.9. The van der Waals surface area contributed by atoms with Gasteiger partial charge in [-0.3, -0.25) is 19.4 Å². The maximum absolute atomic E-state index is 12.8. The number of aryl methyl sites for hydroxylation is 2. The molecule has 0 spiro atoms. The molecule has 3 amide bonds. The lowest BCUT2D eigenvalue weighted by Crippen LogP contribution is -2.30. The van der Waals surface area contributed by atoms with Crippen molar-refractivity contribution in [3.05, 3.63) is 88.7 Å². The van der Waals surface area contributed by atoms with Crippen LogP contribution in [0.1, 0.15) is 42.3 Å². The Morgan fingerprint density at radius 1 is 0.931 bits per heavy atom. The Morgan fingerprint density at radius 3 is 2.31 bits per heavy atom. The number of amides is 3. The minimum Gasteiger partial charge on any atom is -0.311 e. The molecule has 6 heteroatoms. The van der Waals surface area contributed by atoms with Gasteiger partial charge in [0.05, 0.1) is 11.3 Å². The van der Waals surface area contributed by atoms with Crippen molar-refractivity contribution in [2.45, 2.75) is 13.8 Å². The number of aromatic nitrogens is 1. The van der Waals surface area contributed by atoms with Crippen LogP contribution in [0, 0.1) is 13.8 Å². The number of pyridine rings is 1. The lowest BCUT2D eigenvalue weighted by atomic mass is 10.1. The Balaban J connectivity index is 1.58. The van der Waals surface area contributed by atoms with Gasteiger partial charge in [0.2, 0.25) is 0 Å². The number of hydrogen-bond donors (Lipinski definition) is 0. The van der Waals surface area contributed by atoms with Gasteiger partial charge >= 0.3 is 0 Å². The first kappa shape index (κ1) is 18.6. The zero-order valence-corrected chi connectivity index (χ0v) is 16.3. The predicted molar refractivity (Wildman–Crippen MR) is 110 cm³/mol. The average molecular weight is 385 g/mol. The molecule has 1 aliphatic heterocycles. The third-order valence-electron chi connectivity index (χ3n) is 5.20. The number of anilines is 2. The van der Waals surface area contributed by atoms with Gasteiger partial charge in [-0.25, -0.2) is 4.90 Å². The molecule has 0 N–H and O–H groups in total. The number of carbonyl (C=O) groups is 3. The van der Waals surface area contributed by atoms with Crippen LogP contribution in [0.2, 0.25) is 0 Å². The molecule has 1 aliphatic rings. The normalized spacial score (nSPS) is 12.9. The summed E-state index contributed by atoms with van der Waals surface area (Å²) in [5, 5.41) is 0. The molecule has 0 unspecified atom stereocenters. The zero-order valence-electron chi connectivity index (χ0n) is 16.3. The Morgan fingerprint density at radius 2 is 1.66 bits per heavy atom. The van der Waals surface area contributed by atoms with E-state index < -0.39 is 11.8 Å². The molecule has 0 radical (unpaired) electrons. The highest BCUT2D eigenvalue weighted by molar-refractivity contribution is 6.33. The largest absolute Gasteiger partial charge is 0.311 e. The Labute approximate surface area is 168 Å². The summed E-state index contributed by atoms with van der Waals surface area (Å²) in [4.78, 5) is 44.6. The number of carbonyl (C=O) groups excluding carboxylic acids is 3. The van der Waals surface area contributed by atoms with Crippen LogP contribution in [0.5, 0.6) is 0 Å². The molecule has 2 aromatic carbocycles. The van der Waals surface area contributed by atoms with Crippen molar-refractivity contribution in [1.82, 2.24) is 4.98 Å². The van der Waals surface area contributed by atoms with E-state index in [0.717, 1.165) is 21.7 Å². The molecule has 2 heterocycles. The van der Waals surface area contributed by atoms with Crippen molar-refractivity contribution in [3.63, 3.8) is 0 Å². The van der Waals surface area contributed by atoms with E-state index in [-0.39, 0.29) is 17.2 Å². The van der Waals surface area contributed by atoms with Crippen molar-refractivity contribution in [2.75, 3.05) is 16.8 Å². The molecule has 0 saturated heterocycles. The molecule has 0 fully saturated rings. The molecule has 0 saturated carbocycles. The van der Waals surface area contributed by atoms with Crippen LogP contribution in [-0.4, -0.2) is 29.8 Å². The van der Waals surface area contributed by atoms with Crippen molar-refractivity contribution in [2.24, 2.45) is 0 Å². The van der Waals surface area contributed by atoms with E-state index in [0.29, 0.717) is 11.3 Å². The van der Waals surface area contributed by atoms with Gasteiger partial charge in [0.15, 0.2) is 0 Å². The fraction of sp³-hybridized carbons (Fsp3) is 0.130. The molecule has 4 rings (SSSR count). The van der Waals surface area contributed by atoms with Gasteiger partial charge in [-0.05, 0) is 73.5 Å². The zero-order chi connectivity index (χ0) is 20.7. The number of nitrogens with zero attached hydrogens (tertiary/aromatic N) is 3. The van der Waals surface area contributed by atoms with E-state index in [1.165, 1.54) is 6.20 Å². The minimum absolute atomic E-state index is 0.145. The van der Waals surface area contributed by atoms with E-state index in [9.17, 15) is 14.4 Å². The fourth-order valence-electron chi connectivity index (χ4n) is 3.30. The Kier molecular flexibility index (Phi) is 4.47. The summed E-state index contributed by atoms with van der Waals surface area (Å²) >= 11 is 0. The van der Waals surface area contributed by atoms with Crippen molar-refractivity contribution in [1.29, 1.82) is 0 Å². The monoisotopic (exact) mass is 385 g/mol. The van der Waals surface area contributed by atoms with Crippen LogP contribution in [0.15, 0.2) is 60.8 Å². The highest BCUT2D eigenvalue weighted by atomic mass is 16.2. The number of hydrogen-bond acceptors (Lipinski definition) is 4. The van der Waals surface area contributed by atoms with Gasteiger partial charge in [0, 0.05) is 24.5 Å². The standard InChI is InChI=1S/C23H19N3O3/c1-14-6-9-18(13-15(14)2)25(3)21(27)16-7-10-17(11-8-16)26-22(28)19-5-4-12-24-20(19)23(26)29/h4-13H,1-3H3. The van der Waals surface area contributed by atoms with E-state index in [1.54, 1.807) is 48.3 Å². The van der Waals surface area contributed by atoms with Crippen LogP contribution in [0.25, 0.3) is 0 Å². The first-order valence-electron chi connectivity index (χ1n) is 9.17. The lowest BCUT2D eigenvalue weighted by Gasteiger charge is -2.19. The summed E-state index contributed by atoms with van der Waals surface area (Å²) in [7, 11) is 1.72. The van der Waals surface area contributed by atoms with Crippen LogP contribution in [-0.2, 0) is 0 Å². The van der Waals surface area contributed by atoms with Gasteiger partial charge in [-0.1, -0.05) is 6.07 Å². The molecule has 1 aromatic heterocycles. The van der Waals surface area contributed by atoms with Crippen LogP contribution < -0.4 is 9.80 Å². The Hall–Kier alpha value is -3.80. The lowest BCUT2D eigenvalue weighted by molar-refractivity contribution is 0.0923. The van der Waals surface area contributed by atoms with Crippen LogP contribution >= 0.6 is 0 Å². The summed E-state index contributed by atoms with van der Waals surface area (Å²) in [5.74, 6) is -1.05. The topological polar surface area (TPSA) is 70.6 Å². The fourth-order valence-corrected chi connectivity index (χ4v) is 3.30. The van der Waals surface area contributed by atoms with E-state index in [4.69, 9.17) is 0 Å². The SMILES string of the molecule is Cc1ccc(N(C)C(=O)c2ccc(N3C(=O)c4cccnc4C3=O)cc2)cc1C.